The number of nitrogens with one attached hydrogen (secondary N) is 1. The van der Waals surface area contributed by atoms with E-state index >= 15 is 0 Å². The minimum Gasteiger partial charge on any atom is -0.330 e. The summed E-state index contributed by atoms with van der Waals surface area (Å²) in [5.74, 6) is 0.00388. The molecule has 0 bridgehead atoms. The van der Waals surface area contributed by atoms with Crippen molar-refractivity contribution in [3.05, 3.63) is 47.3 Å². The molecule has 1 aromatic heterocycles. The summed E-state index contributed by atoms with van der Waals surface area (Å²) in [5.41, 5.74) is 2.86. The van der Waals surface area contributed by atoms with Crippen LogP contribution in [0.15, 0.2) is 30.5 Å². The summed E-state index contributed by atoms with van der Waals surface area (Å²) in [6.45, 7) is 4.72. The summed E-state index contributed by atoms with van der Waals surface area (Å²) in [7, 11) is 0. The molecule has 1 aliphatic heterocycles. The van der Waals surface area contributed by atoms with Crippen molar-refractivity contribution in [2.24, 2.45) is 0 Å². The molecule has 6 heteroatoms. The molecule has 25 heavy (non-hydrogen) atoms. The van der Waals surface area contributed by atoms with Crippen molar-refractivity contribution in [3.8, 4) is 0 Å². The Morgan fingerprint density at radius 3 is 2.80 bits per heavy atom. The third-order valence-corrected chi connectivity index (χ3v) is 5.10. The van der Waals surface area contributed by atoms with E-state index in [2.05, 4.69) is 40.8 Å². The Morgan fingerprint density at radius 1 is 1.28 bits per heavy atom. The Balaban J connectivity index is 1.50. The summed E-state index contributed by atoms with van der Waals surface area (Å²) >= 11 is 0. The van der Waals surface area contributed by atoms with Crippen molar-refractivity contribution in [1.29, 1.82) is 0 Å². The molecule has 0 unspecified atom stereocenters. The second-order valence-corrected chi connectivity index (χ2v) is 7.22. The number of hydrogen-bond acceptors (Lipinski definition) is 4. The van der Waals surface area contributed by atoms with E-state index in [1.54, 1.807) is 0 Å². The molecule has 1 N–H and O–H groups in total. The van der Waals surface area contributed by atoms with Gasteiger partial charge in [0.15, 0.2) is 5.69 Å². The maximum atomic E-state index is 13.0. The molecular formula is C19H25N5O. The van der Waals surface area contributed by atoms with Crippen LogP contribution in [0.5, 0.6) is 0 Å². The molecular weight excluding hydrogens is 314 g/mol. The third-order valence-electron chi connectivity index (χ3n) is 5.10. The van der Waals surface area contributed by atoms with Gasteiger partial charge < -0.3 is 10.2 Å². The van der Waals surface area contributed by atoms with Gasteiger partial charge in [0.05, 0.1) is 12.2 Å². The minimum atomic E-state index is 0.00388. The van der Waals surface area contributed by atoms with E-state index in [-0.39, 0.29) is 5.91 Å². The number of aryl methyl sites for hydroxylation is 1. The van der Waals surface area contributed by atoms with Crippen LogP contribution in [-0.2, 0) is 6.54 Å². The van der Waals surface area contributed by atoms with Gasteiger partial charge in [-0.3, -0.25) is 4.79 Å². The molecule has 1 saturated heterocycles. The van der Waals surface area contributed by atoms with Crippen LogP contribution in [0.1, 0.15) is 53.3 Å². The van der Waals surface area contributed by atoms with Crippen LogP contribution in [0.25, 0.3) is 0 Å². The highest BCUT2D eigenvalue weighted by molar-refractivity contribution is 5.92. The predicted octanol–water partition coefficient (Wildman–Crippen LogP) is 2.32. The highest BCUT2D eigenvalue weighted by Crippen LogP contribution is 2.30. The molecule has 0 atom stereocenters. The van der Waals surface area contributed by atoms with Crippen LogP contribution in [0.2, 0.25) is 0 Å². The fraction of sp³-hybridized carbons (Fsp3) is 0.526. The number of amides is 1. The van der Waals surface area contributed by atoms with Crippen LogP contribution in [0.4, 0.5) is 0 Å². The molecule has 132 valence electrons. The van der Waals surface area contributed by atoms with Crippen molar-refractivity contribution in [2.75, 3.05) is 13.1 Å². The molecule has 2 fully saturated rings. The summed E-state index contributed by atoms with van der Waals surface area (Å²) in [6.07, 6.45) is 6.07. The van der Waals surface area contributed by atoms with Gasteiger partial charge in [0, 0.05) is 12.6 Å². The van der Waals surface area contributed by atoms with Gasteiger partial charge in [0.1, 0.15) is 0 Å². The Bertz CT molecular complexity index is 746. The van der Waals surface area contributed by atoms with Crippen LogP contribution in [0, 0.1) is 6.92 Å². The quantitative estimate of drug-likeness (QED) is 0.908. The number of piperidine rings is 1. The molecule has 1 aliphatic carbocycles. The lowest BCUT2D eigenvalue weighted by atomic mass is 10.1. The Labute approximate surface area is 148 Å². The van der Waals surface area contributed by atoms with Gasteiger partial charge in [0.2, 0.25) is 0 Å². The molecule has 2 aliphatic rings. The molecule has 1 aromatic carbocycles. The first-order valence-corrected chi connectivity index (χ1v) is 9.20. The first kappa shape index (κ1) is 16.3. The van der Waals surface area contributed by atoms with Crippen molar-refractivity contribution < 1.29 is 4.79 Å². The van der Waals surface area contributed by atoms with Crippen molar-refractivity contribution in [2.45, 2.75) is 51.2 Å². The molecule has 2 heterocycles. The molecule has 6 nitrogen and oxygen atoms in total. The SMILES string of the molecule is Cc1cccc(CN(C(=O)c2cn(C3CCNCC3)nn2)C2CC2)c1. The molecule has 0 radical (unpaired) electrons. The van der Waals surface area contributed by atoms with Crippen LogP contribution in [-0.4, -0.2) is 44.9 Å². The van der Waals surface area contributed by atoms with Crippen molar-refractivity contribution in [1.82, 2.24) is 25.2 Å². The minimum absolute atomic E-state index is 0.00388. The number of carbonyl (C=O) groups is 1. The molecule has 0 spiro atoms. The van der Waals surface area contributed by atoms with Gasteiger partial charge in [-0.15, -0.1) is 5.10 Å². The van der Waals surface area contributed by atoms with Crippen LogP contribution >= 0.6 is 0 Å². The molecule has 1 amide bonds. The molecule has 1 saturated carbocycles. The van der Waals surface area contributed by atoms with Gasteiger partial charge in [-0.2, -0.15) is 0 Å². The summed E-state index contributed by atoms with van der Waals surface area (Å²) in [6, 6.07) is 9.06. The maximum Gasteiger partial charge on any atom is 0.276 e. The van der Waals surface area contributed by atoms with Gasteiger partial charge in [-0.05, 0) is 51.3 Å². The number of nitrogens with zero attached hydrogens (tertiary/aromatic N) is 4. The molecule has 2 aromatic rings. The van der Waals surface area contributed by atoms with Gasteiger partial charge >= 0.3 is 0 Å². The first-order chi connectivity index (χ1) is 12.2. The average molecular weight is 339 g/mol. The smallest absolute Gasteiger partial charge is 0.276 e. The van der Waals surface area contributed by atoms with Gasteiger partial charge in [-0.25, -0.2) is 4.68 Å². The van der Waals surface area contributed by atoms with E-state index in [9.17, 15) is 4.79 Å². The zero-order chi connectivity index (χ0) is 17.2. The van der Waals surface area contributed by atoms with E-state index in [4.69, 9.17) is 0 Å². The Kier molecular flexibility index (Phi) is 4.53. The number of hydrogen-bond donors (Lipinski definition) is 1. The summed E-state index contributed by atoms with van der Waals surface area (Å²) in [4.78, 5) is 15.0. The lowest BCUT2D eigenvalue weighted by Crippen LogP contribution is -2.33. The fourth-order valence-electron chi connectivity index (χ4n) is 3.53. The second-order valence-electron chi connectivity index (χ2n) is 7.22. The standard InChI is InChI=1S/C19H25N5O/c1-14-3-2-4-15(11-14)12-23(16-5-6-16)19(25)18-13-24(22-21-18)17-7-9-20-10-8-17/h2-4,11,13,16-17,20H,5-10,12H2,1H3. The predicted molar refractivity (Wildman–Crippen MR) is 95.2 cm³/mol. The third kappa shape index (κ3) is 3.74. The topological polar surface area (TPSA) is 63.1 Å². The second kappa shape index (κ2) is 6.96. The van der Waals surface area contributed by atoms with E-state index in [0.29, 0.717) is 24.3 Å². The van der Waals surface area contributed by atoms with E-state index < -0.39 is 0 Å². The molecule has 4 rings (SSSR count). The largest absolute Gasteiger partial charge is 0.330 e. The zero-order valence-corrected chi connectivity index (χ0v) is 14.7. The Morgan fingerprint density at radius 2 is 2.08 bits per heavy atom. The van der Waals surface area contributed by atoms with Crippen molar-refractivity contribution >= 4 is 5.91 Å². The van der Waals surface area contributed by atoms with Crippen LogP contribution in [0.3, 0.4) is 0 Å². The average Bonchev–Trinajstić information content (AvgIpc) is 3.35. The van der Waals surface area contributed by atoms with Gasteiger partial charge in [-0.1, -0.05) is 35.0 Å². The maximum absolute atomic E-state index is 13.0. The number of benzene rings is 1. The highest BCUT2D eigenvalue weighted by Gasteiger charge is 2.34. The summed E-state index contributed by atoms with van der Waals surface area (Å²) < 4.78 is 1.88. The lowest BCUT2D eigenvalue weighted by Gasteiger charge is -2.22. The van der Waals surface area contributed by atoms with Gasteiger partial charge in [0.25, 0.3) is 5.91 Å². The van der Waals surface area contributed by atoms with E-state index in [0.717, 1.165) is 38.8 Å². The number of aromatic nitrogens is 3. The highest BCUT2D eigenvalue weighted by atomic mass is 16.2. The van der Waals surface area contributed by atoms with Crippen LogP contribution < -0.4 is 5.32 Å². The van der Waals surface area contributed by atoms with E-state index in [1.165, 1.54) is 11.1 Å². The lowest BCUT2D eigenvalue weighted by molar-refractivity contribution is 0.0723. The number of carbonyl (C=O) groups excluding carboxylic acids is 1. The monoisotopic (exact) mass is 339 g/mol. The first-order valence-electron chi connectivity index (χ1n) is 9.20. The number of rotatable bonds is 5. The normalized spacial score (nSPS) is 18.3. The zero-order valence-electron chi connectivity index (χ0n) is 14.7. The van der Waals surface area contributed by atoms with Crippen molar-refractivity contribution in [3.63, 3.8) is 0 Å². The fourth-order valence-corrected chi connectivity index (χ4v) is 3.53. The summed E-state index contributed by atoms with van der Waals surface area (Å²) in [5, 5.41) is 11.8. The van der Waals surface area contributed by atoms with E-state index in [1.807, 2.05) is 21.8 Å². The Hall–Kier alpha value is -2.21.